The lowest BCUT2D eigenvalue weighted by Crippen LogP contribution is -2.20. The summed E-state index contributed by atoms with van der Waals surface area (Å²) in [5.41, 5.74) is 3.73. The van der Waals surface area contributed by atoms with E-state index in [9.17, 15) is 4.79 Å². The van der Waals surface area contributed by atoms with Crippen LogP contribution in [0.4, 0.5) is 11.4 Å². The quantitative estimate of drug-likeness (QED) is 0.448. The van der Waals surface area contributed by atoms with Gasteiger partial charge in [0, 0.05) is 28.5 Å². The number of nitrogens with one attached hydrogen (secondary N) is 2. The highest BCUT2D eigenvalue weighted by molar-refractivity contribution is 9.10. The van der Waals surface area contributed by atoms with Crippen LogP contribution in [0.2, 0.25) is 0 Å². The number of hydrogen-bond donors (Lipinski definition) is 2. The molecule has 8 heteroatoms. The van der Waals surface area contributed by atoms with Crippen LogP contribution < -0.4 is 29.6 Å². The van der Waals surface area contributed by atoms with E-state index in [1.807, 2.05) is 55.5 Å². The van der Waals surface area contributed by atoms with Crippen molar-refractivity contribution >= 4 is 33.2 Å². The van der Waals surface area contributed by atoms with E-state index in [0.29, 0.717) is 18.0 Å². The molecule has 7 nitrogen and oxygen atoms in total. The standard InChI is InChI=1S/C24H23BrN2O5/c1-15-3-5-17(6-4-15)27-24(28)13-30-23-11-19(25)16(9-21(23)29-2)12-26-18-7-8-20-22(10-18)32-14-31-20/h3-11,26H,12-14H2,1-2H3,(H,27,28). The zero-order valence-electron chi connectivity index (χ0n) is 17.7. The third kappa shape index (κ3) is 5.26. The van der Waals surface area contributed by atoms with Gasteiger partial charge in [-0.2, -0.15) is 0 Å². The van der Waals surface area contributed by atoms with Gasteiger partial charge in [-0.15, -0.1) is 0 Å². The highest BCUT2D eigenvalue weighted by Crippen LogP contribution is 2.36. The van der Waals surface area contributed by atoms with Crippen LogP contribution >= 0.6 is 15.9 Å². The average Bonchev–Trinajstić information content (AvgIpc) is 3.26. The van der Waals surface area contributed by atoms with Gasteiger partial charge in [-0.05, 0) is 48.9 Å². The number of rotatable bonds is 8. The molecule has 0 atom stereocenters. The molecule has 2 N–H and O–H groups in total. The topological polar surface area (TPSA) is 78.1 Å². The number of ether oxygens (including phenoxy) is 4. The fourth-order valence-electron chi connectivity index (χ4n) is 3.17. The Morgan fingerprint density at radius 1 is 1.00 bits per heavy atom. The normalized spacial score (nSPS) is 11.7. The summed E-state index contributed by atoms with van der Waals surface area (Å²) in [6.45, 7) is 2.65. The average molecular weight is 499 g/mol. The molecule has 1 aliphatic rings. The van der Waals surface area contributed by atoms with E-state index in [0.717, 1.165) is 38.5 Å². The van der Waals surface area contributed by atoms with Crippen LogP contribution in [0.1, 0.15) is 11.1 Å². The number of halogens is 1. The Labute approximate surface area is 194 Å². The smallest absolute Gasteiger partial charge is 0.262 e. The van der Waals surface area contributed by atoms with Crippen molar-refractivity contribution in [2.24, 2.45) is 0 Å². The summed E-state index contributed by atoms with van der Waals surface area (Å²) in [7, 11) is 1.57. The molecule has 0 aromatic heterocycles. The molecule has 0 fully saturated rings. The summed E-state index contributed by atoms with van der Waals surface area (Å²) in [6.07, 6.45) is 0. The second-order valence-electron chi connectivity index (χ2n) is 7.22. The van der Waals surface area contributed by atoms with Crippen LogP contribution in [0.5, 0.6) is 23.0 Å². The molecule has 1 amide bonds. The molecule has 0 aliphatic carbocycles. The zero-order valence-corrected chi connectivity index (χ0v) is 19.3. The number of aryl methyl sites for hydroxylation is 1. The van der Waals surface area contributed by atoms with E-state index >= 15 is 0 Å². The maximum absolute atomic E-state index is 12.2. The summed E-state index contributed by atoms with van der Waals surface area (Å²) < 4.78 is 22.8. The molecule has 4 rings (SSSR count). The van der Waals surface area contributed by atoms with Gasteiger partial charge in [-0.1, -0.05) is 33.6 Å². The molecule has 0 spiro atoms. The summed E-state index contributed by atoms with van der Waals surface area (Å²) >= 11 is 3.58. The van der Waals surface area contributed by atoms with Crippen molar-refractivity contribution in [3.05, 3.63) is 70.2 Å². The minimum absolute atomic E-state index is 0.133. The van der Waals surface area contributed by atoms with Crippen molar-refractivity contribution in [1.29, 1.82) is 0 Å². The van der Waals surface area contributed by atoms with Gasteiger partial charge in [0.15, 0.2) is 29.6 Å². The Hall–Kier alpha value is -3.39. The molecular weight excluding hydrogens is 476 g/mol. The Bertz CT molecular complexity index is 1120. The zero-order chi connectivity index (χ0) is 22.5. The second kappa shape index (κ2) is 9.82. The third-order valence-electron chi connectivity index (χ3n) is 4.88. The first-order valence-corrected chi connectivity index (χ1v) is 10.8. The van der Waals surface area contributed by atoms with Gasteiger partial charge in [0.2, 0.25) is 6.79 Å². The Morgan fingerprint density at radius 3 is 2.53 bits per heavy atom. The summed E-state index contributed by atoms with van der Waals surface area (Å²) in [5, 5.41) is 6.17. The highest BCUT2D eigenvalue weighted by atomic mass is 79.9. The number of fused-ring (bicyclic) bond motifs is 1. The maximum Gasteiger partial charge on any atom is 0.262 e. The minimum Gasteiger partial charge on any atom is -0.493 e. The fraction of sp³-hybridized carbons (Fsp3) is 0.208. The Morgan fingerprint density at radius 2 is 1.75 bits per heavy atom. The summed E-state index contributed by atoms with van der Waals surface area (Å²) in [6, 6.07) is 17.0. The lowest BCUT2D eigenvalue weighted by Gasteiger charge is -2.15. The number of amides is 1. The molecule has 32 heavy (non-hydrogen) atoms. The fourth-order valence-corrected chi connectivity index (χ4v) is 3.63. The SMILES string of the molecule is COc1cc(CNc2ccc3c(c2)OCO3)c(Br)cc1OCC(=O)Nc1ccc(C)cc1. The van der Waals surface area contributed by atoms with Crippen molar-refractivity contribution < 1.29 is 23.7 Å². The second-order valence-corrected chi connectivity index (χ2v) is 8.07. The molecule has 3 aromatic carbocycles. The lowest BCUT2D eigenvalue weighted by molar-refractivity contribution is -0.118. The summed E-state index contributed by atoms with van der Waals surface area (Å²) in [5.74, 6) is 2.23. The van der Waals surface area contributed by atoms with Crippen molar-refractivity contribution in [1.82, 2.24) is 0 Å². The molecule has 0 unspecified atom stereocenters. The van der Waals surface area contributed by atoms with Gasteiger partial charge in [0.05, 0.1) is 7.11 Å². The van der Waals surface area contributed by atoms with E-state index < -0.39 is 0 Å². The van der Waals surface area contributed by atoms with Crippen molar-refractivity contribution in [2.75, 3.05) is 31.1 Å². The number of benzene rings is 3. The number of carbonyl (C=O) groups is 1. The van der Waals surface area contributed by atoms with Crippen LogP contribution in [0.3, 0.4) is 0 Å². The van der Waals surface area contributed by atoms with Crippen molar-refractivity contribution in [3.8, 4) is 23.0 Å². The van der Waals surface area contributed by atoms with Gasteiger partial charge in [-0.3, -0.25) is 4.79 Å². The van der Waals surface area contributed by atoms with Gasteiger partial charge in [-0.25, -0.2) is 0 Å². The summed E-state index contributed by atoms with van der Waals surface area (Å²) in [4.78, 5) is 12.2. The van der Waals surface area contributed by atoms with Crippen LogP contribution in [-0.2, 0) is 11.3 Å². The largest absolute Gasteiger partial charge is 0.493 e. The van der Waals surface area contributed by atoms with Crippen molar-refractivity contribution in [3.63, 3.8) is 0 Å². The van der Waals surface area contributed by atoms with Gasteiger partial charge in [0.25, 0.3) is 5.91 Å². The van der Waals surface area contributed by atoms with E-state index in [1.165, 1.54) is 0 Å². The Balaban J connectivity index is 1.38. The monoisotopic (exact) mass is 498 g/mol. The molecule has 1 heterocycles. The molecule has 0 bridgehead atoms. The van der Waals surface area contributed by atoms with Gasteiger partial charge >= 0.3 is 0 Å². The number of carbonyl (C=O) groups excluding carboxylic acids is 1. The number of anilines is 2. The van der Waals surface area contributed by atoms with Crippen LogP contribution in [0.15, 0.2) is 59.1 Å². The molecular formula is C24H23BrN2O5. The lowest BCUT2D eigenvalue weighted by atomic mass is 10.2. The van der Waals surface area contributed by atoms with Crippen LogP contribution in [-0.4, -0.2) is 26.4 Å². The van der Waals surface area contributed by atoms with E-state index in [-0.39, 0.29) is 19.3 Å². The predicted molar refractivity (Wildman–Crippen MR) is 126 cm³/mol. The molecule has 0 saturated carbocycles. The van der Waals surface area contributed by atoms with Gasteiger partial charge < -0.3 is 29.6 Å². The van der Waals surface area contributed by atoms with Crippen LogP contribution in [0, 0.1) is 6.92 Å². The minimum atomic E-state index is -0.249. The molecule has 1 aliphatic heterocycles. The molecule has 0 radical (unpaired) electrons. The first-order valence-electron chi connectivity index (χ1n) is 10.0. The maximum atomic E-state index is 12.2. The van der Waals surface area contributed by atoms with E-state index in [1.54, 1.807) is 13.2 Å². The third-order valence-corrected chi connectivity index (χ3v) is 5.62. The predicted octanol–water partition coefficient (Wildman–Crippen LogP) is 5.12. The molecule has 166 valence electrons. The Kier molecular flexibility index (Phi) is 6.70. The van der Waals surface area contributed by atoms with Gasteiger partial charge in [0.1, 0.15) is 0 Å². The first-order chi connectivity index (χ1) is 15.5. The number of hydrogen-bond acceptors (Lipinski definition) is 6. The highest BCUT2D eigenvalue weighted by Gasteiger charge is 2.15. The number of methoxy groups -OCH3 is 1. The van der Waals surface area contributed by atoms with E-state index in [2.05, 4.69) is 26.6 Å². The molecule has 0 saturated heterocycles. The molecule has 3 aromatic rings. The van der Waals surface area contributed by atoms with Crippen molar-refractivity contribution in [2.45, 2.75) is 13.5 Å². The van der Waals surface area contributed by atoms with E-state index in [4.69, 9.17) is 18.9 Å². The first kappa shape index (κ1) is 21.8. The van der Waals surface area contributed by atoms with Crippen LogP contribution in [0.25, 0.3) is 0 Å².